The third kappa shape index (κ3) is 3.70. The summed E-state index contributed by atoms with van der Waals surface area (Å²) < 4.78 is 12.3. The molecule has 0 heterocycles. The maximum atomic E-state index is 12.3. The quantitative estimate of drug-likeness (QED) is 0.740. The molecule has 4 N–H and O–H groups in total. The summed E-state index contributed by atoms with van der Waals surface area (Å²) in [6, 6.07) is 15.6. The second kappa shape index (κ2) is 6.23. The van der Waals surface area contributed by atoms with Crippen LogP contribution in [0, 0.1) is 0 Å². The molecule has 0 spiro atoms. The molecule has 1 unspecified atom stereocenters. The van der Waals surface area contributed by atoms with Crippen molar-refractivity contribution >= 4 is 7.37 Å². The molecule has 106 valence electrons. The fraction of sp³-hybridized carbons (Fsp3) is 0.200. The van der Waals surface area contributed by atoms with E-state index in [0.717, 1.165) is 5.56 Å². The normalized spacial score (nSPS) is 15.5. The van der Waals surface area contributed by atoms with E-state index in [4.69, 9.17) is 5.73 Å². The summed E-state index contributed by atoms with van der Waals surface area (Å²) in [6.45, 7) is 0. The fourth-order valence-electron chi connectivity index (χ4n) is 1.98. The van der Waals surface area contributed by atoms with Crippen molar-refractivity contribution in [3.8, 4) is 5.75 Å². The molecule has 2 atom stereocenters. The largest absolute Gasteiger partial charge is 0.508 e. The van der Waals surface area contributed by atoms with E-state index in [1.54, 1.807) is 12.1 Å². The van der Waals surface area contributed by atoms with Gasteiger partial charge in [-0.25, -0.2) is 0 Å². The molecule has 4 nitrogen and oxygen atoms in total. The summed E-state index contributed by atoms with van der Waals surface area (Å²) in [5, 5.41) is 9.22. The van der Waals surface area contributed by atoms with Gasteiger partial charge in [0.2, 0.25) is 7.37 Å². The first kappa shape index (κ1) is 14.8. The van der Waals surface area contributed by atoms with E-state index >= 15 is 0 Å². The van der Waals surface area contributed by atoms with Crippen molar-refractivity contribution in [3.63, 3.8) is 0 Å². The first-order valence-electron chi connectivity index (χ1n) is 6.39. The van der Waals surface area contributed by atoms with E-state index < -0.39 is 13.2 Å². The topological polar surface area (TPSA) is 83.5 Å². The molecule has 0 amide bonds. The maximum absolute atomic E-state index is 12.3. The van der Waals surface area contributed by atoms with E-state index in [9.17, 15) is 14.6 Å². The van der Waals surface area contributed by atoms with E-state index in [1.165, 1.54) is 12.1 Å². The van der Waals surface area contributed by atoms with Crippen LogP contribution in [0.4, 0.5) is 0 Å². The average molecular weight is 291 g/mol. The van der Waals surface area contributed by atoms with Crippen LogP contribution in [0.3, 0.4) is 0 Å². The number of hydrogen-bond donors (Lipinski definition) is 3. The maximum Gasteiger partial charge on any atom is 0.221 e. The second-order valence-corrected chi connectivity index (χ2v) is 7.27. The van der Waals surface area contributed by atoms with Crippen molar-refractivity contribution in [2.45, 2.75) is 12.2 Å². The minimum atomic E-state index is -3.49. The number of rotatable bonds is 5. The number of benzene rings is 2. The fourth-order valence-corrected chi connectivity index (χ4v) is 3.47. The number of aryl methyl sites for hydroxylation is 1. The van der Waals surface area contributed by atoms with Crippen LogP contribution >= 0.6 is 7.37 Å². The van der Waals surface area contributed by atoms with Crippen LogP contribution < -0.4 is 5.73 Å². The molecule has 2 aromatic carbocycles. The smallest absolute Gasteiger partial charge is 0.221 e. The zero-order valence-electron chi connectivity index (χ0n) is 11.0. The van der Waals surface area contributed by atoms with E-state index in [2.05, 4.69) is 0 Å². The molecule has 5 heteroatoms. The molecule has 0 aliphatic heterocycles. The lowest BCUT2D eigenvalue weighted by molar-refractivity contribution is 0.463. The Labute approximate surface area is 118 Å². The molecular weight excluding hydrogens is 273 g/mol. The van der Waals surface area contributed by atoms with Crippen molar-refractivity contribution in [1.29, 1.82) is 0 Å². The number of hydrogen-bond acceptors (Lipinski definition) is 3. The van der Waals surface area contributed by atoms with Gasteiger partial charge in [0.15, 0.2) is 0 Å². The lowest BCUT2D eigenvalue weighted by atomic mass is 10.2. The zero-order chi connectivity index (χ0) is 14.6. The van der Waals surface area contributed by atoms with E-state index in [-0.39, 0.29) is 11.9 Å². The minimum absolute atomic E-state index is 0.109. The predicted molar refractivity (Wildman–Crippen MR) is 79.9 cm³/mol. The van der Waals surface area contributed by atoms with Crippen LogP contribution in [-0.2, 0) is 11.0 Å². The number of aromatic hydroxyl groups is 1. The molecular formula is C15H18NO3P. The highest BCUT2D eigenvalue weighted by Gasteiger charge is 2.28. The van der Waals surface area contributed by atoms with Gasteiger partial charge in [-0.3, -0.25) is 4.57 Å². The predicted octanol–water partition coefficient (Wildman–Crippen LogP) is 2.86. The highest BCUT2D eigenvalue weighted by atomic mass is 31.2. The molecule has 0 aliphatic carbocycles. The van der Waals surface area contributed by atoms with Crippen LogP contribution in [0.5, 0.6) is 5.75 Å². The van der Waals surface area contributed by atoms with Crippen molar-refractivity contribution < 1.29 is 14.6 Å². The Balaban J connectivity index is 2.06. The van der Waals surface area contributed by atoms with Gasteiger partial charge in [-0.1, -0.05) is 42.5 Å². The highest BCUT2D eigenvalue weighted by molar-refractivity contribution is 7.58. The number of nitrogens with two attached hydrogens (primary N) is 1. The van der Waals surface area contributed by atoms with Crippen molar-refractivity contribution in [1.82, 2.24) is 0 Å². The molecule has 2 rings (SSSR count). The van der Waals surface area contributed by atoms with Gasteiger partial charge >= 0.3 is 0 Å². The molecule has 0 radical (unpaired) electrons. The van der Waals surface area contributed by atoms with Gasteiger partial charge in [-0.2, -0.15) is 0 Å². The summed E-state index contributed by atoms with van der Waals surface area (Å²) >= 11 is 0. The van der Waals surface area contributed by atoms with Gasteiger partial charge in [0.25, 0.3) is 0 Å². The van der Waals surface area contributed by atoms with Crippen LogP contribution in [-0.4, -0.2) is 16.2 Å². The van der Waals surface area contributed by atoms with Gasteiger partial charge in [0.1, 0.15) is 11.5 Å². The number of phenolic OH excluding ortho intramolecular Hbond substituents is 1. The van der Waals surface area contributed by atoms with Crippen LogP contribution in [0.1, 0.15) is 16.9 Å². The van der Waals surface area contributed by atoms with E-state index in [0.29, 0.717) is 12.0 Å². The van der Waals surface area contributed by atoms with Gasteiger partial charge in [-0.15, -0.1) is 0 Å². The van der Waals surface area contributed by atoms with Crippen LogP contribution in [0.15, 0.2) is 54.6 Å². The van der Waals surface area contributed by atoms with Gasteiger partial charge in [-0.05, 0) is 29.7 Å². The molecule has 0 saturated heterocycles. The van der Waals surface area contributed by atoms with Gasteiger partial charge < -0.3 is 15.7 Å². The van der Waals surface area contributed by atoms with Crippen molar-refractivity contribution in [3.05, 3.63) is 65.7 Å². The molecule has 0 aromatic heterocycles. The molecule has 0 fully saturated rings. The Hall–Kier alpha value is -1.61. The second-order valence-electron chi connectivity index (χ2n) is 4.75. The lowest BCUT2D eigenvalue weighted by Crippen LogP contribution is -2.13. The molecule has 2 aromatic rings. The van der Waals surface area contributed by atoms with Crippen LogP contribution in [0.25, 0.3) is 0 Å². The average Bonchev–Trinajstić information content (AvgIpc) is 2.46. The van der Waals surface area contributed by atoms with Gasteiger partial charge in [0.05, 0.1) is 0 Å². The van der Waals surface area contributed by atoms with Crippen molar-refractivity contribution in [2.75, 3.05) is 6.16 Å². The molecule has 0 saturated carbocycles. The molecule has 20 heavy (non-hydrogen) atoms. The summed E-state index contributed by atoms with van der Waals surface area (Å²) in [5.74, 6) is -0.815. The third-order valence-electron chi connectivity index (χ3n) is 3.23. The third-order valence-corrected chi connectivity index (χ3v) is 5.26. The van der Waals surface area contributed by atoms with Gasteiger partial charge in [0, 0.05) is 6.16 Å². The summed E-state index contributed by atoms with van der Waals surface area (Å²) in [6.07, 6.45) is 0.652. The first-order valence-corrected chi connectivity index (χ1v) is 8.30. The lowest BCUT2D eigenvalue weighted by Gasteiger charge is -2.19. The van der Waals surface area contributed by atoms with E-state index in [1.807, 2.05) is 30.3 Å². The minimum Gasteiger partial charge on any atom is -0.508 e. The Kier molecular flexibility index (Phi) is 4.61. The Morgan fingerprint density at radius 2 is 1.65 bits per heavy atom. The summed E-state index contributed by atoms with van der Waals surface area (Å²) in [5.41, 5.74) is 7.46. The van der Waals surface area contributed by atoms with Crippen LogP contribution in [0.2, 0.25) is 0 Å². The zero-order valence-corrected chi connectivity index (χ0v) is 11.9. The molecule has 0 bridgehead atoms. The highest BCUT2D eigenvalue weighted by Crippen LogP contribution is 2.52. The summed E-state index contributed by atoms with van der Waals surface area (Å²) in [4.78, 5) is 10.1. The Bertz CT molecular complexity index is 598. The Morgan fingerprint density at radius 1 is 1.05 bits per heavy atom. The summed E-state index contributed by atoms with van der Waals surface area (Å²) in [7, 11) is -3.49. The molecule has 0 aliphatic rings. The van der Waals surface area contributed by atoms with Crippen molar-refractivity contribution in [2.24, 2.45) is 5.73 Å². The SMILES string of the molecule is N[C@@H](c1ccc(O)cc1)P(=O)(O)CCc1ccccc1. The Morgan fingerprint density at radius 3 is 2.25 bits per heavy atom. The monoisotopic (exact) mass is 291 g/mol. The first-order chi connectivity index (χ1) is 9.49. The standard InChI is InChI=1S/C15H18NO3P/c16-15(13-6-8-14(17)9-7-13)20(18,19)11-10-12-4-2-1-3-5-12/h1-9,15,17H,10-11,16H2,(H,18,19)/t15-/m1/s1. The number of phenols is 1.